The smallest absolute Gasteiger partial charge is 0.337 e. The lowest BCUT2D eigenvalue weighted by Crippen LogP contribution is -2.26. The number of benzene rings is 1. The number of aromatic carboxylic acids is 1. The van der Waals surface area contributed by atoms with Gasteiger partial charge in [0.2, 0.25) is 0 Å². The first kappa shape index (κ1) is 14.8. The van der Waals surface area contributed by atoms with Gasteiger partial charge in [-0.2, -0.15) is 0 Å². The van der Waals surface area contributed by atoms with Crippen molar-refractivity contribution in [2.45, 2.75) is 26.3 Å². The zero-order chi connectivity index (χ0) is 15.5. The lowest BCUT2D eigenvalue weighted by atomic mass is 10.1. The van der Waals surface area contributed by atoms with Crippen molar-refractivity contribution >= 4 is 23.3 Å². The molecule has 0 saturated heterocycles. The molecule has 0 aliphatic rings. The van der Waals surface area contributed by atoms with Gasteiger partial charge in [-0.05, 0) is 32.9 Å². The fraction of sp³-hybridized carbons (Fsp3) is 0.267. The van der Waals surface area contributed by atoms with Crippen molar-refractivity contribution in [3.05, 3.63) is 42.2 Å². The molecule has 2 aromatic rings. The number of rotatable bonds is 4. The molecular formula is C15H18N4O2. The van der Waals surface area contributed by atoms with Gasteiger partial charge in [0, 0.05) is 11.6 Å². The quantitative estimate of drug-likeness (QED) is 0.800. The van der Waals surface area contributed by atoms with Gasteiger partial charge in [0.15, 0.2) is 0 Å². The monoisotopic (exact) mass is 286 g/mol. The first-order valence-electron chi connectivity index (χ1n) is 6.55. The van der Waals surface area contributed by atoms with Gasteiger partial charge >= 0.3 is 5.97 Å². The van der Waals surface area contributed by atoms with Gasteiger partial charge in [-0.15, -0.1) is 0 Å². The molecule has 2 rings (SSSR count). The number of nitrogens with one attached hydrogen (secondary N) is 2. The standard InChI is InChI=1S/C15H18N4O2/c1-15(2,3)19-13-8-12(16-9-17-13)18-11-7-5-4-6-10(11)14(20)21/h4-9H,1-3H3,(H,20,21)(H2,16,17,18,19). The van der Waals surface area contributed by atoms with E-state index in [0.717, 1.165) is 0 Å². The average molecular weight is 286 g/mol. The summed E-state index contributed by atoms with van der Waals surface area (Å²) in [4.78, 5) is 19.4. The Kier molecular flexibility index (Phi) is 4.07. The number of hydrogen-bond donors (Lipinski definition) is 3. The summed E-state index contributed by atoms with van der Waals surface area (Å²) in [5.74, 6) is 0.221. The topological polar surface area (TPSA) is 87.1 Å². The van der Waals surface area contributed by atoms with E-state index in [1.165, 1.54) is 6.33 Å². The van der Waals surface area contributed by atoms with Crippen molar-refractivity contribution in [2.24, 2.45) is 0 Å². The third kappa shape index (κ3) is 4.17. The summed E-state index contributed by atoms with van der Waals surface area (Å²) < 4.78 is 0. The van der Waals surface area contributed by atoms with Crippen LogP contribution in [0.15, 0.2) is 36.7 Å². The molecule has 0 saturated carbocycles. The van der Waals surface area contributed by atoms with Crippen LogP contribution in [0.2, 0.25) is 0 Å². The highest BCUT2D eigenvalue weighted by Crippen LogP contribution is 2.21. The van der Waals surface area contributed by atoms with Crippen LogP contribution >= 0.6 is 0 Å². The van der Waals surface area contributed by atoms with E-state index in [4.69, 9.17) is 5.11 Å². The van der Waals surface area contributed by atoms with Crippen molar-refractivity contribution < 1.29 is 9.90 Å². The lowest BCUT2D eigenvalue weighted by Gasteiger charge is -2.21. The van der Waals surface area contributed by atoms with E-state index in [0.29, 0.717) is 17.3 Å². The van der Waals surface area contributed by atoms with Gasteiger partial charge in [-0.25, -0.2) is 14.8 Å². The van der Waals surface area contributed by atoms with Gasteiger partial charge < -0.3 is 15.7 Å². The van der Waals surface area contributed by atoms with Crippen molar-refractivity contribution in [3.63, 3.8) is 0 Å². The van der Waals surface area contributed by atoms with Crippen LogP contribution in [0.25, 0.3) is 0 Å². The second-order valence-electron chi connectivity index (χ2n) is 5.64. The average Bonchev–Trinajstić information content (AvgIpc) is 2.37. The number of carbonyl (C=O) groups is 1. The van der Waals surface area contributed by atoms with Crippen LogP contribution in [0.5, 0.6) is 0 Å². The van der Waals surface area contributed by atoms with E-state index >= 15 is 0 Å². The summed E-state index contributed by atoms with van der Waals surface area (Å²) in [7, 11) is 0. The van der Waals surface area contributed by atoms with E-state index in [2.05, 4.69) is 20.6 Å². The number of aromatic nitrogens is 2. The Labute approximate surface area is 123 Å². The van der Waals surface area contributed by atoms with E-state index in [1.807, 2.05) is 20.8 Å². The Morgan fingerprint density at radius 2 is 1.81 bits per heavy atom. The molecule has 0 atom stereocenters. The molecule has 6 nitrogen and oxygen atoms in total. The molecule has 0 aliphatic carbocycles. The molecule has 0 amide bonds. The maximum atomic E-state index is 11.2. The Hall–Kier alpha value is -2.63. The van der Waals surface area contributed by atoms with Gasteiger partial charge in [0.25, 0.3) is 0 Å². The van der Waals surface area contributed by atoms with Crippen molar-refractivity contribution in [1.29, 1.82) is 0 Å². The number of anilines is 3. The molecule has 3 N–H and O–H groups in total. The summed E-state index contributed by atoms with van der Waals surface area (Å²) in [6.45, 7) is 6.09. The molecule has 6 heteroatoms. The third-order valence-corrected chi connectivity index (χ3v) is 2.59. The molecule has 110 valence electrons. The van der Waals surface area contributed by atoms with E-state index < -0.39 is 5.97 Å². The van der Waals surface area contributed by atoms with Gasteiger partial charge in [0.1, 0.15) is 18.0 Å². The van der Waals surface area contributed by atoms with Crippen LogP contribution < -0.4 is 10.6 Å². The number of para-hydroxylation sites is 1. The summed E-state index contributed by atoms with van der Waals surface area (Å²) in [6.07, 6.45) is 1.43. The molecule has 1 heterocycles. The maximum absolute atomic E-state index is 11.2. The SMILES string of the molecule is CC(C)(C)Nc1cc(Nc2ccccc2C(=O)O)ncn1. The Balaban J connectivity index is 2.25. The summed E-state index contributed by atoms with van der Waals surface area (Å²) in [5, 5.41) is 15.4. The fourth-order valence-electron chi connectivity index (χ4n) is 1.79. The van der Waals surface area contributed by atoms with Crippen LogP contribution in [0.3, 0.4) is 0 Å². The molecular weight excluding hydrogens is 268 g/mol. The maximum Gasteiger partial charge on any atom is 0.337 e. The van der Waals surface area contributed by atoms with Crippen LogP contribution in [0.4, 0.5) is 17.3 Å². The first-order valence-corrected chi connectivity index (χ1v) is 6.55. The van der Waals surface area contributed by atoms with Crippen LogP contribution in [-0.4, -0.2) is 26.6 Å². The molecule has 1 aromatic heterocycles. The number of carboxylic acid groups (broad SMARTS) is 1. The summed E-state index contributed by atoms with van der Waals surface area (Å²) >= 11 is 0. The predicted molar refractivity (Wildman–Crippen MR) is 82.1 cm³/mol. The van der Waals surface area contributed by atoms with Gasteiger partial charge in [0.05, 0.1) is 11.3 Å². The van der Waals surface area contributed by atoms with Crippen molar-refractivity contribution in [2.75, 3.05) is 10.6 Å². The second kappa shape index (κ2) is 5.78. The van der Waals surface area contributed by atoms with Crippen LogP contribution in [-0.2, 0) is 0 Å². The minimum Gasteiger partial charge on any atom is -0.478 e. The predicted octanol–water partition coefficient (Wildman–Crippen LogP) is 3.13. The molecule has 21 heavy (non-hydrogen) atoms. The molecule has 1 aromatic carbocycles. The second-order valence-corrected chi connectivity index (χ2v) is 5.64. The van der Waals surface area contributed by atoms with E-state index in [1.54, 1.807) is 30.3 Å². The molecule has 0 bridgehead atoms. The highest BCUT2D eigenvalue weighted by Gasteiger charge is 2.12. The normalized spacial score (nSPS) is 11.0. The first-order chi connectivity index (χ1) is 9.85. The molecule has 0 spiro atoms. The zero-order valence-corrected chi connectivity index (χ0v) is 12.2. The Morgan fingerprint density at radius 1 is 1.14 bits per heavy atom. The van der Waals surface area contributed by atoms with Gasteiger partial charge in [-0.3, -0.25) is 0 Å². The Morgan fingerprint density at radius 3 is 2.48 bits per heavy atom. The largest absolute Gasteiger partial charge is 0.478 e. The highest BCUT2D eigenvalue weighted by atomic mass is 16.4. The molecule has 0 unspecified atom stereocenters. The minimum absolute atomic E-state index is 0.120. The third-order valence-electron chi connectivity index (χ3n) is 2.59. The van der Waals surface area contributed by atoms with E-state index in [-0.39, 0.29) is 11.1 Å². The molecule has 0 aliphatic heterocycles. The Bertz CT molecular complexity index is 650. The summed E-state index contributed by atoms with van der Waals surface area (Å²) in [6, 6.07) is 8.43. The highest BCUT2D eigenvalue weighted by molar-refractivity contribution is 5.95. The lowest BCUT2D eigenvalue weighted by molar-refractivity contribution is 0.0698. The molecule has 0 radical (unpaired) electrons. The molecule has 0 fully saturated rings. The van der Waals surface area contributed by atoms with Crippen molar-refractivity contribution in [1.82, 2.24) is 9.97 Å². The number of hydrogen-bond acceptors (Lipinski definition) is 5. The van der Waals surface area contributed by atoms with Crippen LogP contribution in [0, 0.1) is 0 Å². The van der Waals surface area contributed by atoms with E-state index in [9.17, 15) is 4.79 Å². The summed E-state index contributed by atoms with van der Waals surface area (Å²) in [5.41, 5.74) is 0.566. The number of nitrogens with zero attached hydrogens (tertiary/aromatic N) is 2. The van der Waals surface area contributed by atoms with Crippen LogP contribution in [0.1, 0.15) is 31.1 Å². The number of carboxylic acids is 1. The zero-order valence-electron chi connectivity index (χ0n) is 12.2. The fourth-order valence-corrected chi connectivity index (χ4v) is 1.79. The van der Waals surface area contributed by atoms with Gasteiger partial charge in [-0.1, -0.05) is 12.1 Å². The minimum atomic E-state index is -0.986. The van der Waals surface area contributed by atoms with Crippen molar-refractivity contribution in [3.8, 4) is 0 Å².